The van der Waals surface area contributed by atoms with E-state index in [1.807, 2.05) is 11.0 Å². The van der Waals surface area contributed by atoms with Crippen molar-refractivity contribution in [3.05, 3.63) is 59.7 Å². The molecule has 1 atom stereocenters. The molecule has 150 valence electrons. The normalized spacial score (nSPS) is 15.0. The second kappa shape index (κ2) is 9.74. The summed E-state index contributed by atoms with van der Waals surface area (Å²) in [6, 6.07) is 15.6. The lowest BCUT2D eigenvalue weighted by Crippen LogP contribution is -2.32. The van der Waals surface area contributed by atoms with Crippen LogP contribution < -0.4 is 10.1 Å². The number of nitriles is 1. The number of nitrogens with zero attached hydrogens (tertiary/aromatic N) is 2. The van der Waals surface area contributed by atoms with Crippen LogP contribution in [0.3, 0.4) is 0 Å². The lowest BCUT2D eigenvalue weighted by atomic mass is 10.1. The molecule has 29 heavy (non-hydrogen) atoms. The second-order valence-electron chi connectivity index (χ2n) is 7.17. The van der Waals surface area contributed by atoms with Crippen molar-refractivity contribution in [3.63, 3.8) is 0 Å². The monoisotopic (exact) mass is 391 g/mol. The predicted molar refractivity (Wildman–Crippen MR) is 111 cm³/mol. The van der Waals surface area contributed by atoms with Gasteiger partial charge in [-0.2, -0.15) is 5.26 Å². The molecule has 6 heteroatoms. The fraction of sp³-hybridized carbons (Fsp3) is 0.348. The van der Waals surface area contributed by atoms with Gasteiger partial charge in [0.05, 0.1) is 11.6 Å². The number of ether oxygens (including phenoxy) is 1. The van der Waals surface area contributed by atoms with Gasteiger partial charge >= 0.3 is 0 Å². The molecule has 1 heterocycles. The molecular formula is C23H25N3O3. The Labute approximate surface area is 171 Å². The van der Waals surface area contributed by atoms with E-state index in [0.717, 1.165) is 25.9 Å². The molecule has 0 aliphatic carbocycles. The summed E-state index contributed by atoms with van der Waals surface area (Å²) in [5.41, 5.74) is 1.77. The first-order chi connectivity index (χ1) is 14.1. The molecular weight excluding hydrogens is 366 g/mol. The van der Waals surface area contributed by atoms with E-state index in [9.17, 15) is 9.59 Å². The topological polar surface area (TPSA) is 82.4 Å². The Bertz CT molecular complexity index is 877. The number of anilines is 1. The molecule has 1 fully saturated rings. The predicted octanol–water partition coefficient (Wildman–Crippen LogP) is 3.98. The molecule has 1 aliphatic rings. The summed E-state index contributed by atoms with van der Waals surface area (Å²) >= 11 is 0. The van der Waals surface area contributed by atoms with Crippen LogP contribution >= 0.6 is 0 Å². The van der Waals surface area contributed by atoms with Gasteiger partial charge in [0.2, 0.25) is 0 Å². The number of nitrogens with one attached hydrogen (secondary N) is 1. The van der Waals surface area contributed by atoms with Crippen LogP contribution in [0.5, 0.6) is 5.75 Å². The minimum Gasteiger partial charge on any atom is -0.481 e. The summed E-state index contributed by atoms with van der Waals surface area (Å²) in [5.74, 6) is 0.272. The van der Waals surface area contributed by atoms with Crippen LogP contribution in [0.15, 0.2) is 48.5 Å². The molecule has 0 bridgehead atoms. The fourth-order valence-corrected chi connectivity index (χ4v) is 3.26. The lowest BCUT2D eigenvalue weighted by Gasteiger charge is -2.20. The number of hydrogen-bond acceptors (Lipinski definition) is 4. The summed E-state index contributed by atoms with van der Waals surface area (Å²) in [6.45, 7) is 3.27. The maximum atomic E-state index is 12.6. The third-order valence-electron chi connectivity index (χ3n) is 4.96. The van der Waals surface area contributed by atoms with E-state index in [2.05, 4.69) is 5.32 Å². The Morgan fingerprint density at radius 2 is 1.62 bits per heavy atom. The fourth-order valence-electron chi connectivity index (χ4n) is 3.26. The first kappa shape index (κ1) is 20.4. The Morgan fingerprint density at radius 3 is 2.21 bits per heavy atom. The van der Waals surface area contributed by atoms with E-state index in [1.165, 1.54) is 12.8 Å². The highest BCUT2D eigenvalue weighted by molar-refractivity contribution is 5.96. The highest BCUT2D eigenvalue weighted by atomic mass is 16.5. The van der Waals surface area contributed by atoms with Gasteiger partial charge in [-0.15, -0.1) is 0 Å². The third-order valence-corrected chi connectivity index (χ3v) is 4.96. The van der Waals surface area contributed by atoms with Crippen LogP contribution in [0.1, 0.15) is 48.5 Å². The quantitative estimate of drug-likeness (QED) is 0.836. The van der Waals surface area contributed by atoms with Gasteiger partial charge in [0.25, 0.3) is 11.8 Å². The van der Waals surface area contributed by atoms with Crippen molar-refractivity contribution in [2.24, 2.45) is 0 Å². The molecule has 0 saturated carbocycles. The molecule has 0 aromatic heterocycles. The number of likely N-dealkylation sites (tertiary alicyclic amines) is 1. The van der Waals surface area contributed by atoms with E-state index in [1.54, 1.807) is 55.5 Å². The van der Waals surface area contributed by atoms with Gasteiger partial charge in [0, 0.05) is 24.3 Å². The van der Waals surface area contributed by atoms with Crippen LogP contribution in [0, 0.1) is 11.3 Å². The summed E-state index contributed by atoms with van der Waals surface area (Å²) in [4.78, 5) is 26.9. The van der Waals surface area contributed by atoms with Crippen molar-refractivity contribution >= 4 is 17.5 Å². The highest BCUT2D eigenvalue weighted by Gasteiger charge is 2.18. The van der Waals surface area contributed by atoms with Gasteiger partial charge in [-0.05, 0) is 68.3 Å². The average molecular weight is 391 g/mol. The van der Waals surface area contributed by atoms with Gasteiger partial charge in [0.1, 0.15) is 5.75 Å². The number of carbonyl (C=O) groups is 2. The Kier molecular flexibility index (Phi) is 6.85. The van der Waals surface area contributed by atoms with E-state index < -0.39 is 6.10 Å². The van der Waals surface area contributed by atoms with Gasteiger partial charge in [-0.3, -0.25) is 9.59 Å². The Balaban J connectivity index is 1.56. The van der Waals surface area contributed by atoms with Crippen molar-refractivity contribution < 1.29 is 14.3 Å². The number of hydrogen-bond donors (Lipinski definition) is 1. The van der Waals surface area contributed by atoms with E-state index in [4.69, 9.17) is 10.00 Å². The van der Waals surface area contributed by atoms with Crippen LogP contribution in [-0.2, 0) is 4.79 Å². The minimum atomic E-state index is -0.707. The molecule has 2 amide bonds. The molecule has 0 spiro atoms. The number of rotatable bonds is 5. The molecule has 0 radical (unpaired) electrons. The van der Waals surface area contributed by atoms with Crippen LogP contribution in [0.4, 0.5) is 5.69 Å². The molecule has 6 nitrogen and oxygen atoms in total. The Hall–Kier alpha value is -3.33. The van der Waals surface area contributed by atoms with Gasteiger partial charge in [-0.1, -0.05) is 12.8 Å². The van der Waals surface area contributed by atoms with Crippen LogP contribution in [-0.4, -0.2) is 35.9 Å². The van der Waals surface area contributed by atoms with Crippen molar-refractivity contribution in [2.75, 3.05) is 18.4 Å². The molecule has 1 saturated heterocycles. The zero-order valence-corrected chi connectivity index (χ0v) is 16.6. The zero-order chi connectivity index (χ0) is 20.6. The van der Waals surface area contributed by atoms with E-state index in [0.29, 0.717) is 22.6 Å². The summed E-state index contributed by atoms with van der Waals surface area (Å²) in [5, 5.41) is 11.6. The molecule has 3 rings (SSSR count). The smallest absolute Gasteiger partial charge is 0.265 e. The van der Waals surface area contributed by atoms with E-state index >= 15 is 0 Å². The largest absolute Gasteiger partial charge is 0.481 e. The van der Waals surface area contributed by atoms with E-state index in [-0.39, 0.29) is 11.8 Å². The van der Waals surface area contributed by atoms with Crippen molar-refractivity contribution in [1.82, 2.24) is 4.90 Å². The first-order valence-corrected chi connectivity index (χ1v) is 9.94. The summed E-state index contributed by atoms with van der Waals surface area (Å²) in [7, 11) is 0. The van der Waals surface area contributed by atoms with Crippen molar-refractivity contribution in [3.8, 4) is 11.8 Å². The number of amides is 2. The molecule has 2 aromatic carbocycles. The third kappa shape index (κ3) is 5.58. The lowest BCUT2D eigenvalue weighted by molar-refractivity contribution is -0.122. The standard InChI is InChI=1S/C23H25N3O3/c1-17(29-21-12-6-18(16-24)7-13-21)22(27)25-20-10-8-19(9-11-20)23(28)26-14-4-2-3-5-15-26/h6-13,17H,2-5,14-15H2,1H3,(H,25,27)/t17-/m0/s1. The first-order valence-electron chi connectivity index (χ1n) is 9.94. The maximum absolute atomic E-state index is 12.6. The summed E-state index contributed by atoms with van der Waals surface area (Å²) < 4.78 is 5.62. The van der Waals surface area contributed by atoms with Crippen LogP contribution in [0.25, 0.3) is 0 Å². The molecule has 2 aromatic rings. The van der Waals surface area contributed by atoms with Gasteiger partial charge < -0.3 is 15.0 Å². The van der Waals surface area contributed by atoms with Crippen molar-refractivity contribution in [1.29, 1.82) is 5.26 Å². The SMILES string of the molecule is C[C@H](Oc1ccc(C#N)cc1)C(=O)Nc1ccc(C(=O)N2CCCCCC2)cc1. The second-order valence-corrected chi connectivity index (χ2v) is 7.17. The maximum Gasteiger partial charge on any atom is 0.265 e. The molecule has 0 unspecified atom stereocenters. The summed E-state index contributed by atoms with van der Waals surface area (Å²) in [6.07, 6.45) is 3.75. The average Bonchev–Trinajstić information content (AvgIpc) is 3.04. The van der Waals surface area contributed by atoms with Gasteiger partial charge in [-0.25, -0.2) is 0 Å². The van der Waals surface area contributed by atoms with Gasteiger partial charge in [0.15, 0.2) is 6.10 Å². The number of carbonyl (C=O) groups excluding carboxylic acids is 2. The van der Waals surface area contributed by atoms with Crippen LogP contribution in [0.2, 0.25) is 0 Å². The highest BCUT2D eigenvalue weighted by Crippen LogP contribution is 2.17. The molecule has 1 N–H and O–H groups in total. The number of benzene rings is 2. The van der Waals surface area contributed by atoms with Crippen molar-refractivity contribution in [2.45, 2.75) is 38.7 Å². The minimum absolute atomic E-state index is 0.0438. The Morgan fingerprint density at radius 1 is 1.00 bits per heavy atom. The zero-order valence-electron chi connectivity index (χ0n) is 16.6. The molecule has 1 aliphatic heterocycles.